The fourth-order valence-corrected chi connectivity index (χ4v) is 2.82. The van der Waals surface area contributed by atoms with Crippen LogP contribution in [0.15, 0.2) is 42.5 Å². The lowest BCUT2D eigenvalue weighted by atomic mass is 10.0. The highest BCUT2D eigenvalue weighted by Crippen LogP contribution is 2.20. The van der Waals surface area contributed by atoms with Crippen molar-refractivity contribution >= 4 is 16.7 Å². The van der Waals surface area contributed by atoms with Crippen molar-refractivity contribution in [3.05, 3.63) is 48.0 Å². The van der Waals surface area contributed by atoms with E-state index in [9.17, 15) is 9.90 Å². The summed E-state index contributed by atoms with van der Waals surface area (Å²) in [6.45, 7) is 1.45. The van der Waals surface area contributed by atoms with Crippen molar-refractivity contribution in [1.82, 2.24) is 5.32 Å². The van der Waals surface area contributed by atoms with Crippen LogP contribution in [-0.4, -0.2) is 30.8 Å². The van der Waals surface area contributed by atoms with Crippen LogP contribution in [0.1, 0.15) is 24.5 Å². The summed E-state index contributed by atoms with van der Waals surface area (Å²) in [6, 6.07) is 13.9. The van der Waals surface area contributed by atoms with Gasteiger partial charge in [-0.25, -0.2) is 0 Å². The molecular weight excluding hydrogens is 278 g/mol. The summed E-state index contributed by atoms with van der Waals surface area (Å²) in [4.78, 5) is 12.0. The van der Waals surface area contributed by atoms with E-state index in [-0.39, 0.29) is 18.4 Å². The van der Waals surface area contributed by atoms with Gasteiger partial charge in [0.15, 0.2) is 0 Å². The molecule has 2 aromatic rings. The third-order valence-corrected chi connectivity index (χ3v) is 4.16. The van der Waals surface area contributed by atoms with Crippen LogP contribution in [0.5, 0.6) is 0 Å². The minimum absolute atomic E-state index is 0.0282. The van der Waals surface area contributed by atoms with E-state index in [1.165, 1.54) is 0 Å². The molecule has 0 saturated carbocycles. The van der Waals surface area contributed by atoms with E-state index in [1.807, 2.05) is 42.5 Å². The molecule has 4 nitrogen and oxygen atoms in total. The van der Waals surface area contributed by atoms with Crippen molar-refractivity contribution in [2.75, 3.05) is 19.8 Å². The lowest BCUT2D eigenvalue weighted by Crippen LogP contribution is -2.37. The quantitative estimate of drug-likeness (QED) is 0.911. The molecule has 2 aromatic carbocycles. The number of amides is 1. The summed E-state index contributed by atoms with van der Waals surface area (Å²) in [5.74, 6) is -0.114. The molecule has 3 rings (SSSR count). The minimum Gasteiger partial charge on any atom is -0.387 e. The van der Waals surface area contributed by atoms with Gasteiger partial charge in [-0.3, -0.25) is 4.79 Å². The number of aliphatic hydroxyl groups is 1. The van der Waals surface area contributed by atoms with Crippen molar-refractivity contribution in [3.63, 3.8) is 0 Å². The van der Waals surface area contributed by atoms with Crippen LogP contribution in [0.25, 0.3) is 10.8 Å². The fourth-order valence-electron chi connectivity index (χ4n) is 2.82. The van der Waals surface area contributed by atoms with E-state index < -0.39 is 6.10 Å². The second-order valence-electron chi connectivity index (χ2n) is 5.78. The molecule has 2 unspecified atom stereocenters. The smallest absolute Gasteiger partial charge is 0.225 e. The second-order valence-corrected chi connectivity index (χ2v) is 5.78. The van der Waals surface area contributed by atoms with Crippen molar-refractivity contribution in [2.45, 2.75) is 18.9 Å². The molecule has 0 bridgehead atoms. The minimum atomic E-state index is -0.696. The van der Waals surface area contributed by atoms with Crippen molar-refractivity contribution in [3.8, 4) is 0 Å². The molecule has 4 heteroatoms. The molecule has 0 aromatic heterocycles. The third-order valence-electron chi connectivity index (χ3n) is 4.16. The zero-order valence-electron chi connectivity index (χ0n) is 12.5. The van der Waals surface area contributed by atoms with Crippen LogP contribution < -0.4 is 5.32 Å². The summed E-state index contributed by atoms with van der Waals surface area (Å²) in [5.41, 5.74) is 0.818. The summed E-state index contributed by atoms with van der Waals surface area (Å²) in [5, 5.41) is 15.3. The molecule has 1 fully saturated rings. The molecule has 1 aliphatic heterocycles. The molecule has 0 spiro atoms. The summed E-state index contributed by atoms with van der Waals surface area (Å²) >= 11 is 0. The van der Waals surface area contributed by atoms with Crippen LogP contribution in [0.2, 0.25) is 0 Å². The molecule has 1 saturated heterocycles. The maximum absolute atomic E-state index is 12.0. The normalized spacial score (nSPS) is 19.8. The average Bonchev–Trinajstić information content (AvgIpc) is 2.59. The molecule has 0 radical (unpaired) electrons. The van der Waals surface area contributed by atoms with Crippen molar-refractivity contribution in [1.29, 1.82) is 0 Å². The van der Waals surface area contributed by atoms with Gasteiger partial charge in [-0.05, 0) is 35.2 Å². The zero-order valence-corrected chi connectivity index (χ0v) is 12.5. The molecule has 2 atom stereocenters. The predicted octanol–water partition coefficient (Wildman–Crippen LogP) is 2.42. The average molecular weight is 299 g/mol. The first-order valence-electron chi connectivity index (χ1n) is 7.76. The standard InChI is InChI=1S/C18H21NO3/c20-17(11-19-18(21)16-6-3-9-22-12-16)15-8-7-13-4-1-2-5-14(13)10-15/h1-2,4-5,7-8,10,16-17,20H,3,6,9,11-12H2,(H,19,21). The monoisotopic (exact) mass is 299 g/mol. The Hall–Kier alpha value is -1.91. The number of rotatable bonds is 4. The van der Waals surface area contributed by atoms with Crippen LogP contribution >= 0.6 is 0 Å². The Kier molecular flexibility index (Phi) is 4.71. The van der Waals surface area contributed by atoms with Gasteiger partial charge in [0.1, 0.15) is 0 Å². The number of ether oxygens (including phenoxy) is 1. The molecule has 1 heterocycles. The highest BCUT2D eigenvalue weighted by molar-refractivity contribution is 5.83. The van der Waals surface area contributed by atoms with Gasteiger partial charge >= 0.3 is 0 Å². The van der Waals surface area contributed by atoms with E-state index in [1.54, 1.807) is 0 Å². The van der Waals surface area contributed by atoms with Gasteiger partial charge < -0.3 is 15.2 Å². The maximum Gasteiger partial charge on any atom is 0.225 e. The molecular formula is C18H21NO3. The van der Waals surface area contributed by atoms with E-state index in [0.29, 0.717) is 6.61 Å². The van der Waals surface area contributed by atoms with Crippen LogP contribution in [0.4, 0.5) is 0 Å². The molecule has 1 amide bonds. The van der Waals surface area contributed by atoms with E-state index in [0.717, 1.165) is 35.8 Å². The van der Waals surface area contributed by atoms with Crippen LogP contribution in [0, 0.1) is 5.92 Å². The van der Waals surface area contributed by atoms with Crippen LogP contribution in [0.3, 0.4) is 0 Å². The van der Waals surface area contributed by atoms with E-state index >= 15 is 0 Å². The lowest BCUT2D eigenvalue weighted by Gasteiger charge is -2.22. The number of aliphatic hydroxyl groups excluding tert-OH is 1. The summed E-state index contributed by atoms with van der Waals surface area (Å²) < 4.78 is 5.32. The number of carbonyl (C=O) groups excluding carboxylic acids is 1. The van der Waals surface area contributed by atoms with Gasteiger partial charge in [0.25, 0.3) is 0 Å². The Labute approximate surface area is 130 Å². The molecule has 116 valence electrons. The number of benzene rings is 2. The molecule has 2 N–H and O–H groups in total. The van der Waals surface area contributed by atoms with Gasteiger partial charge in [-0.15, -0.1) is 0 Å². The van der Waals surface area contributed by atoms with Crippen molar-refractivity contribution < 1.29 is 14.6 Å². The first kappa shape index (κ1) is 15.0. The highest BCUT2D eigenvalue weighted by Gasteiger charge is 2.22. The number of hydrogen-bond acceptors (Lipinski definition) is 3. The Morgan fingerprint density at radius 3 is 2.86 bits per heavy atom. The van der Waals surface area contributed by atoms with Gasteiger partial charge in [-0.2, -0.15) is 0 Å². The zero-order chi connectivity index (χ0) is 15.4. The Morgan fingerprint density at radius 1 is 1.27 bits per heavy atom. The van der Waals surface area contributed by atoms with Gasteiger partial charge in [0.2, 0.25) is 5.91 Å². The number of hydrogen-bond donors (Lipinski definition) is 2. The van der Waals surface area contributed by atoms with Crippen LogP contribution in [-0.2, 0) is 9.53 Å². The van der Waals surface area contributed by atoms with E-state index in [2.05, 4.69) is 5.32 Å². The Bertz CT molecular complexity index is 650. The Balaban J connectivity index is 1.60. The SMILES string of the molecule is O=C(NCC(O)c1ccc2ccccc2c1)C1CCCOC1. The number of fused-ring (bicyclic) bond motifs is 1. The predicted molar refractivity (Wildman–Crippen MR) is 85.5 cm³/mol. The molecule has 0 aliphatic carbocycles. The second kappa shape index (κ2) is 6.90. The largest absolute Gasteiger partial charge is 0.387 e. The number of nitrogens with one attached hydrogen (secondary N) is 1. The third kappa shape index (κ3) is 3.46. The highest BCUT2D eigenvalue weighted by atomic mass is 16.5. The van der Waals surface area contributed by atoms with E-state index in [4.69, 9.17) is 4.74 Å². The fraction of sp³-hybridized carbons (Fsp3) is 0.389. The van der Waals surface area contributed by atoms with Crippen molar-refractivity contribution in [2.24, 2.45) is 5.92 Å². The van der Waals surface area contributed by atoms with Gasteiger partial charge in [-0.1, -0.05) is 36.4 Å². The molecule has 22 heavy (non-hydrogen) atoms. The topological polar surface area (TPSA) is 58.6 Å². The summed E-state index contributed by atoms with van der Waals surface area (Å²) in [7, 11) is 0. The number of carbonyl (C=O) groups is 1. The first-order chi connectivity index (χ1) is 10.7. The van der Waals surface area contributed by atoms with Gasteiger partial charge in [0, 0.05) is 13.2 Å². The first-order valence-corrected chi connectivity index (χ1v) is 7.76. The van der Waals surface area contributed by atoms with Gasteiger partial charge in [0.05, 0.1) is 18.6 Å². The lowest BCUT2D eigenvalue weighted by molar-refractivity contribution is -0.129. The Morgan fingerprint density at radius 2 is 2.09 bits per heavy atom. The maximum atomic E-state index is 12.0. The summed E-state index contributed by atoms with van der Waals surface area (Å²) in [6.07, 6.45) is 1.08. The molecule has 1 aliphatic rings.